The normalized spacial score (nSPS) is 15.6. The molecule has 1 aromatic carbocycles. The third-order valence-electron chi connectivity index (χ3n) is 3.51. The van der Waals surface area contributed by atoms with E-state index in [0.29, 0.717) is 0 Å². The summed E-state index contributed by atoms with van der Waals surface area (Å²) < 4.78 is 0. The Morgan fingerprint density at radius 3 is 2.94 bits per heavy atom. The van der Waals surface area contributed by atoms with E-state index >= 15 is 0 Å². The van der Waals surface area contributed by atoms with Crippen LogP contribution in [-0.2, 0) is 12.8 Å². The number of fused-ring (bicyclic) bond motifs is 2. The second kappa shape index (κ2) is 4.28. The highest BCUT2D eigenvalue weighted by atomic mass is 35.5. The summed E-state index contributed by atoms with van der Waals surface area (Å²) in [6.45, 7) is 4.22. The second-order valence-corrected chi connectivity index (χ2v) is 4.95. The Bertz CT molecular complexity index is 578. The van der Waals surface area contributed by atoms with Crippen molar-refractivity contribution >= 4 is 22.5 Å². The van der Waals surface area contributed by atoms with Crippen molar-refractivity contribution in [3.63, 3.8) is 0 Å². The number of pyridine rings is 1. The minimum atomic E-state index is 0.813. The van der Waals surface area contributed by atoms with Crippen molar-refractivity contribution in [3.8, 4) is 0 Å². The smallest absolute Gasteiger partial charge is 0.0723 e. The van der Waals surface area contributed by atoms with E-state index in [2.05, 4.69) is 12.2 Å². The third-order valence-corrected chi connectivity index (χ3v) is 3.83. The number of hydrogen-bond donors (Lipinski definition) is 1. The predicted molar refractivity (Wildman–Crippen MR) is 71.8 cm³/mol. The zero-order valence-electron chi connectivity index (χ0n) is 9.89. The van der Waals surface area contributed by atoms with Crippen molar-refractivity contribution in [1.29, 1.82) is 0 Å². The van der Waals surface area contributed by atoms with Crippen molar-refractivity contribution in [2.24, 2.45) is 0 Å². The van der Waals surface area contributed by atoms with Crippen LogP contribution in [0.1, 0.15) is 16.8 Å². The van der Waals surface area contributed by atoms with Crippen LogP contribution < -0.4 is 5.32 Å². The van der Waals surface area contributed by atoms with Gasteiger partial charge >= 0.3 is 0 Å². The van der Waals surface area contributed by atoms with Gasteiger partial charge in [-0.25, -0.2) is 0 Å². The molecule has 2 heterocycles. The van der Waals surface area contributed by atoms with Gasteiger partial charge in [0.15, 0.2) is 0 Å². The molecular formula is C14H15ClN2. The predicted octanol–water partition coefficient (Wildman–Crippen LogP) is 2.88. The molecule has 2 aromatic rings. The lowest BCUT2D eigenvalue weighted by molar-refractivity contribution is 0.708. The molecule has 0 saturated heterocycles. The fraction of sp³-hybridized carbons (Fsp3) is 0.357. The zero-order valence-corrected chi connectivity index (χ0v) is 10.6. The lowest BCUT2D eigenvalue weighted by Gasteiger charge is -2.12. The molecule has 17 heavy (non-hydrogen) atoms. The van der Waals surface area contributed by atoms with E-state index < -0.39 is 0 Å². The second-order valence-electron chi connectivity index (χ2n) is 4.55. The maximum Gasteiger partial charge on any atom is 0.0723 e. The lowest BCUT2D eigenvalue weighted by atomic mass is 9.98. The van der Waals surface area contributed by atoms with Crippen molar-refractivity contribution in [2.75, 3.05) is 13.1 Å². The van der Waals surface area contributed by atoms with E-state index in [0.717, 1.165) is 41.9 Å². The number of benzene rings is 1. The molecule has 2 nitrogen and oxygen atoms in total. The number of nitrogens with zero attached hydrogens (tertiary/aromatic N) is 1. The van der Waals surface area contributed by atoms with Crippen LogP contribution in [0, 0.1) is 6.92 Å². The monoisotopic (exact) mass is 246 g/mol. The van der Waals surface area contributed by atoms with E-state index in [1.54, 1.807) is 0 Å². The maximum atomic E-state index is 6.29. The first-order valence-electron chi connectivity index (χ1n) is 6.04. The Kier molecular flexibility index (Phi) is 2.77. The molecule has 0 atom stereocenters. The first kappa shape index (κ1) is 11.0. The molecule has 0 fully saturated rings. The van der Waals surface area contributed by atoms with Crippen molar-refractivity contribution in [2.45, 2.75) is 19.8 Å². The average Bonchev–Trinajstić information content (AvgIpc) is 2.54. The van der Waals surface area contributed by atoms with Crippen LogP contribution >= 0.6 is 11.6 Å². The van der Waals surface area contributed by atoms with Crippen molar-refractivity contribution in [3.05, 3.63) is 40.0 Å². The Balaban J connectivity index is 2.34. The van der Waals surface area contributed by atoms with Gasteiger partial charge in [0, 0.05) is 24.0 Å². The van der Waals surface area contributed by atoms with Crippen LogP contribution in [0.15, 0.2) is 18.2 Å². The van der Waals surface area contributed by atoms with Gasteiger partial charge in [0.1, 0.15) is 0 Å². The van der Waals surface area contributed by atoms with Gasteiger partial charge in [0.2, 0.25) is 0 Å². The molecular weight excluding hydrogens is 232 g/mol. The quantitative estimate of drug-likeness (QED) is 0.773. The van der Waals surface area contributed by atoms with Crippen LogP contribution in [0.2, 0.25) is 5.02 Å². The summed E-state index contributed by atoms with van der Waals surface area (Å²) in [6.07, 6.45) is 2.06. The highest BCUT2D eigenvalue weighted by Crippen LogP contribution is 2.29. The van der Waals surface area contributed by atoms with Crippen LogP contribution in [-0.4, -0.2) is 18.1 Å². The molecule has 3 heteroatoms. The number of rotatable bonds is 0. The van der Waals surface area contributed by atoms with E-state index in [-0.39, 0.29) is 0 Å². The summed E-state index contributed by atoms with van der Waals surface area (Å²) in [5, 5.41) is 5.35. The van der Waals surface area contributed by atoms with Crippen LogP contribution in [0.3, 0.4) is 0 Å². The largest absolute Gasteiger partial charge is 0.316 e. The molecule has 0 bridgehead atoms. The highest BCUT2D eigenvalue weighted by Gasteiger charge is 2.15. The number of nitrogens with one attached hydrogen (secondary N) is 1. The van der Waals surface area contributed by atoms with Gasteiger partial charge in [-0.3, -0.25) is 4.98 Å². The minimum absolute atomic E-state index is 0.813. The topological polar surface area (TPSA) is 24.9 Å². The Hall–Kier alpha value is -1.12. The number of hydrogen-bond acceptors (Lipinski definition) is 2. The first-order chi connectivity index (χ1) is 8.27. The summed E-state index contributed by atoms with van der Waals surface area (Å²) >= 11 is 6.29. The van der Waals surface area contributed by atoms with Crippen LogP contribution in [0.4, 0.5) is 0 Å². The van der Waals surface area contributed by atoms with E-state index in [9.17, 15) is 0 Å². The molecule has 0 spiro atoms. The highest BCUT2D eigenvalue weighted by molar-refractivity contribution is 6.35. The molecule has 0 amide bonds. The van der Waals surface area contributed by atoms with Gasteiger partial charge in [-0.05, 0) is 43.1 Å². The molecule has 0 unspecified atom stereocenters. The number of aryl methyl sites for hydroxylation is 1. The van der Waals surface area contributed by atoms with Crippen molar-refractivity contribution in [1.82, 2.24) is 10.3 Å². The third kappa shape index (κ3) is 1.81. The lowest BCUT2D eigenvalue weighted by Crippen LogP contribution is -2.16. The molecule has 0 radical (unpaired) electrons. The Morgan fingerprint density at radius 1 is 1.24 bits per heavy atom. The molecule has 1 aliphatic heterocycles. The summed E-state index contributed by atoms with van der Waals surface area (Å²) in [6, 6.07) is 5.96. The van der Waals surface area contributed by atoms with E-state index in [1.807, 2.05) is 18.2 Å². The molecule has 1 aromatic heterocycles. The summed E-state index contributed by atoms with van der Waals surface area (Å²) in [5.74, 6) is 0. The van der Waals surface area contributed by atoms with Gasteiger partial charge < -0.3 is 5.32 Å². The van der Waals surface area contributed by atoms with Gasteiger partial charge in [0.25, 0.3) is 0 Å². The molecule has 88 valence electrons. The fourth-order valence-electron chi connectivity index (χ4n) is 2.64. The molecule has 3 rings (SSSR count). The Labute approximate surface area is 106 Å². The van der Waals surface area contributed by atoms with Gasteiger partial charge in [0.05, 0.1) is 10.5 Å². The van der Waals surface area contributed by atoms with Crippen LogP contribution in [0.5, 0.6) is 0 Å². The number of aromatic nitrogens is 1. The van der Waals surface area contributed by atoms with Crippen LogP contribution in [0.25, 0.3) is 10.9 Å². The zero-order chi connectivity index (χ0) is 11.8. The molecule has 1 N–H and O–H groups in total. The number of halogens is 1. The Morgan fingerprint density at radius 2 is 2.06 bits per heavy atom. The summed E-state index contributed by atoms with van der Waals surface area (Å²) in [4.78, 5) is 4.77. The maximum absolute atomic E-state index is 6.29. The first-order valence-corrected chi connectivity index (χ1v) is 6.42. The standard InChI is InChI=1S/C14H15ClN2/c1-9-10-5-7-16-8-6-12(10)17-13-4-2-3-11(15)14(9)13/h2-4,16H,5-8H2,1H3. The van der Waals surface area contributed by atoms with Gasteiger partial charge in [-0.1, -0.05) is 17.7 Å². The van der Waals surface area contributed by atoms with Gasteiger partial charge in [-0.15, -0.1) is 0 Å². The average molecular weight is 247 g/mol. The van der Waals surface area contributed by atoms with Gasteiger partial charge in [-0.2, -0.15) is 0 Å². The summed E-state index contributed by atoms with van der Waals surface area (Å²) in [5.41, 5.74) is 4.95. The minimum Gasteiger partial charge on any atom is -0.316 e. The van der Waals surface area contributed by atoms with Crippen molar-refractivity contribution < 1.29 is 0 Å². The van der Waals surface area contributed by atoms with E-state index in [4.69, 9.17) is 16.6 Å². The molecule has 0 saturated carbocycles. The van der Waals surface area contributed by atoms with E-state index in [1.165, 1.54) is 16.8 Å². The summed E-state index contributed by atoms with van der Waals surface area (Å²) in [7, 11) is 0. The fourth-order valence-corrected chi connectivity index (χ4v) is 2.95. The SMILES string of the molecule is Cc1c2c(nc3cccc(Cl)c13)CCNCC2. The molecule has 0 aliphatic carbocycles. The molecule has 1 aliphatic rings.